The highest BCUT2D eigenvalue weighted by molar-refractivity contribution is 6.00. The molecule has 0 spiro atoms. The Labute approximate surface area is 263 Å². The van der Waals surface area contributed by atoms with Crippen molar-refractivity contribution in [3.05, 3.63) is 60.2 Å². The Balaban J connectivity index is 1.26. The van der Waals surface area contributed by atoms with Gasteiger partial charge in [-0.25, -0.2) is 19.0 Å². The van der Waals surface area contributed by atoms with E-state index < -0.39 is 11.2 Å². The van der Waals surface area contributed by atoms with Crippen LogP contribution in [0.15, 0.2) is 48.8 Å². The van der Waals surface area contributed by atoms with Crippen LogP contribution in [0, 0.1) is 11.2 Å². The van der Waals surface area contributed by atoms with Gasteiger partial charge in [0.25, 0.3) is 0 Å². The summed E-state index contributed by atoms with van der Waals surface area (Å²) in [4.78, 5) is 27.1. The minimum atomic E-state index is -0.744. The van der Waals surface area contributed by atoms with E-state index in [1.807, 2.05) is 48.9 Å². The molecule has 0 unspecified atom stereocenters. The van der Waals surface area contributed by atoms with E-state index in [-0.39, 0.29) is 29.0 Å². The first-order chi connectivity index (χ1) is 21.6. The Morgan fingerprint density at radius 1 is 1.04 bits per heavy atom. The molecule has 1 saturated heterocycles. The average molecular weight is 615 g/mol. The minimum absolute atomic E-state index is 0.120. The molecular weight excluding hydrogens is 571 g/mol. The molecule has 11 heteroatoms. The molecule has 1 amide bonds. The number of likely N-dealkylation sites (N-methyl/N-ethyl adjacent to an activating group) is 1. The molecule has 4 aromatic rings. The molecule has 2 aromatic carbocycles. The number of ether oxygens (including phenoxy) is 1. The Hall–Kier alpha value is -4.09. The number of rotatable bonds is 8. The van der Waals surface area contributed by atoms with E-state index in [9.17, 15) is 4.79 Å². The van der Waals surface area contributed by atoms with E-state index in [1.165, 1.54) is 19.5 Å². The summed E-state index contributed by atoms with van der Waals surface area (Å²) < 4.78 is 23.6. The van der Waals surface area contributed by atoms with Gasteiger partial charge in [0.1, 0.15) is 29.4 Å². The van der Waals surface area contributed by atoms with Crippen molar-refractivity contribution >= 4 is 28.4 Å². The summed E-state index contributed by atoms with van der Waals surface area (Å²) in [6, 6.07) is 13.4. The van der Waals surface area contributed by atoms with E-state index in [2.05, 4.69) is 32.1 Å². The topological polar surface area (TPSA) is 114 Å². The molecule has 45 heavy (non-hydrogen) atoms. The number of aromatic nitrogens is 4. The van der Waals surface area contributed by atoms with Crippen molar-refractivity contribution in [2.24, 2.45) is 5.41 Å². The normalized spacial score (nSPS) is 19.9. The van der Waals surface area contributed by atoms with Crippen LogP contribution < -0.4 is 15.8 Å². The van der Waals surface area contributed by atoms with Crippen molar-refractivity contribution in [3.8, 4) is 17.0 Å². The Kier molecular flexibility index (Phi) is 8.74. The van der Waals surface area contributed by atoms with Crippen molar-refractivity contribution in [1.29, 1.82) is 0 Å². The summed E-state index contributed by atoms with van der Waals surface area (Å²) in [6.45, 7) is 8.15. The smallest absolute Gasteiger partial charge is 0.230 e. The Morgan fingerprint density at radius 2 is 1.73 bits per heavy atom. The lowest BCUT2D eigenvalue weighted by Gasteiger charge is -2.41. The van der Waals surface area contributed by atoms with Crippen LogP contribution >= 0.6 is 0 Å². The van der Waals surface area contributed by atoms with Gasteiger partial charge in [-0.3, -0.25) is 9.69 Å². The molecule has 0 atom stereocenters. The number of amides is 1. The van der Waals surface area contributed by atoms with E-state index in [0.717, 1.165) is 57.4 Å². The van der Waals surface area contributed by atoms with Gasteiger partial charge in [0, 0.05) is 49.3 Å². The van der Waals surface area contributed by atoms with E-state index in [1.54, 1.807) is 6.07 Å². The maximum atomic E-state index is 16.0. The number of nitrogens with one attached hydrogen (secondary N) is 1. The van der Waals surface area contributed by atoms with Crippen LogP contribution in [0.25, 0.3) is 22.3 Å². The molecule has 0 radical (unpaired) electrons. The molecule has 2 fully saturated rings. The number of nitrogens with zero attached hydrogens (tertiary/aromatic N) is 6. The number of nitrogen functional groups attached to an aromatic ring is 1. The summed E-state index contributed by atoms with van der Waals surface area (Å²) in [5.74, 6) is -0.233. The number of nitrogens with two attached hydrogens (primary N) is 1. The lowest BCUT2D eigenvalue weighted by Crippen LogP contribution is -2.49. The number of halogens is 1. The largest absolute Gasteiger partial charge is 0.495 e. The third-order valence-corrected chi connectivity index (χ3v) is 9.48. The van der Waals surface area contributed by atoms with Crippen LogP contribution in [0.5, 0.6) is 5.75 Å². The zero-order valence-electron chi connectivity index (χ0n) is 26.6. The van der Waals surface area contributed by atoms with Gasteiger partial charge in [-0.15, -0.1) is 0 Å². The average Bonchev–Trinajstić information content (AvgIpc) is 3.42. The zero-order chi connectivity index (χ0) is 31.7. The molecule has 6 rings (SSSR count). The number of hydrogen-bond donors (Lipinski definition) is 2. The third-order valence-electron chi connectivity index (χ3n) is 9.48. The fourth-order valence-electron chi connectivity index (χ4n) is 6.77. The standard InChI is InChI=1S/C34H43FN8O2/c1-34(2,20-22-8-6-5-7-9-22)33(44)39-27-19-26(35)25(18-28(27)45-4)30-29-31(36)37-21-38-32(29)43(40-30)24-12-10-23(11-13-24)42-16-14-41(3)15-17-42/h5-9,18-19,21,23-24H,10-17,20H2,1-4H3,(H,39,44)(H2,36,37,38)/t23-,24-. The third kappa shape index (κ3) is 6.37. The summed E-state index contributed by atoms with van der Waals surface area (Å²) in [7, 11) is 3.67. The predicted octanol–water partition coefficient (Wildman–Crippen LogP) is 5.16. The van der Waals surface area contributed by atoms with Gasteiger partial charge in [-0.05, 0) is 50.8 Å². The van der Waals surface area contributed by atoms with Crippen LogP contribution in [-0.4, -0.2) is 81.8 Å². The Morgan fingerprint density at radius 3 is 2.42 bits per heavy atom. The molecule has 3 heterocycles. The molecule has 1 saturated carbocycles. The first-order valence-electron chi connectivity index (χ1n) is 15.8. The van der Waals surface area contributed by atoms with Crippen molar-refractivity contribution in [1.82, 2.24) is 29.5 Å². The number of piperazine rings is 1. The molecule has 10 nitrogen and oxygen atoms in total. The second-order valence-electron chi connectivity index (χ2n) is 13.1. The van der Waals surface area contributed by atoms with Crippen LogP contribution in [0.4, 0.5) is 15.9 Å². The number of carbonyl (C=O) groups is 1. The molecule has 1 aliphatic heterocycles. The number of benzene rings is 2. The minimum Gasteiger partial charge on any atom is -0.495 e. The van der Waals surface area contributed by atoms with E-state index in [4.69, 9.17) is 15.6 Å². The van der Waals surface area contributed by atoms with Crippen LogP contribution in [-0.2, 0) is 11.2 Å². The number of anilines is 2. The monoisotopic (exact) mass is 614 g/mol. The predicted molar refractivity (Wildman–Crippen MR) is 175 cm³/mol. The van der Waals surface area contributed by atoms with Gasteiger partial charge in [0.05, 0.1) is 24.2 Å². The molecule has 1 aliphatic carbocycles. The highest BCUT2D eigenvalue weighted by Crippen LogP contribution is 2.40. The Bertz CT molecular complexity index is 1660. The van der Waals surface area contributed by atoms with Crippen molar-refractivity contribution in [2.45, 2.75) is 58.0 Å². The van der Waals surface area contributed by atoms with E-state index in [0.29, 0.717) is 34.9 Å². The first-order valence-corrected chi connectivity index (χ1v) is 15.8. The summed E-state index contributed by atoms with van der Waals surface area (Å²) in [5, 5.41) is 8.34. The summed E-state index contributed by atoms with van der Waals surface area (Å²) >= 11 is 0. The van der Waals surface area contributed by atoms with Crippen LogP contribution in [0.2, 0.25) is 0 Å². The molecule has 2 aliphatic rings. The molecule has 2 aromatic heterocycles. The van der Waals surface area contributed by atoms with E-state index >= 15 is 4.39 Å². The molecule has 238 valence electrons. The maximum Gasteiger partial charge on any atom is 0.230 e. The number of hydrogen-bond acceptors (Lipinski definition) is 8. The maximum absolute atomic E-state index is 16.0. The zero-order valence-corrected chi connectivity index (χ0v) is 26.6. The quantitative estimate of drug-likeness (QED) is 0.280. The first kappa shape index (κ1) is 30.9. The van der Waals surface area contributed by atoms with Gasteiger partial charge in [0.15, 0.2) is 5.65 Å². The van der Waals surface area contributed by atoms with Gasteiger partial charge < -0.3 is 20.7 Å². The van der Waals surface area contributed by atoms with Crippen LogP contribution in [0.3, 0.4) is 0 Å². The SMILES string of the molecule is COc1cc(-c2nn([C@H]3CC[C@H](N4CCN(C)CC4)CC3)c3ncnc(N)c23)c(F)cc1NC(=O)C(C)(C)Cc1ccccc1. The number of carbonyl (C=O) groups excluding carboxylic acids is 1. The fraction of sp³-hybridized carbons (Fsp3) is 0.471. The summed E-state index contributed by atoms with van der Waals surface area (Å²) in [5.41, 5.74) is 8.09. The lowest BCUT2D eigenvalue weighted by molar-refractivity contribution is -0.123. The van der Waals surface area contributed by atoms with Gasteiger partial charge in [-0.1, -0.05) is 44.2 Å². The van der Waals surface area contributed by atoms with Gasteiger partial charge >= 0.3 is 0 Å². The van der Waals surface area contributed by atoms with Crippen molar-refractivity contribution in [3.63, 3.8) is 0 Å². The van der Waals surface area contributed by atoms with Crippen LogP contribution in [0.1, 0.15) is 51.1 Å². The summed E-state index contributed by atoms with van der Waals surface area (Å²) in [6.07, 6.45) is 6.01. The number of fused-ring (bicyclic) bond motifs is 1. The van der Waals surface area contributed by atoms with Crippen molar-refractivity contribution in [2.75, 3.05) is 51.4 Å². The number of methoxy groups -OCH3 is 1. The molecular formula is C34H43FN8O2. The van der Waals surface area contributed by atoms with Gasteiger partial charge in [-0.2, -0.15) is 5.10 Å². The second-order valence-corrected chi connectivity index (χ2v) is 13.1. The van der Waals surface area contributed by atoms with Crippen molar-refractivity contribution < 1.29 is 13.9 Å². The fourth-order valence-corrected chi connectivity index (χ4v) is 6.77. The highest BCUT2D eigenvalue weighted by Gasteiger charge is 2.32. The lowest BCUT2D eigenvalue weighted by atomic mass is 9.84. The molecule has 0 bridgehead atoms. The second kappa shape index (κ2) is 12.7. The molecule has 3 N–H and O–H groups in total. The highest BCUT2D eigenvalue weighted by atomic mass is 19.1. The van der Waals surface area contributed by atoms with Gasteiger partial charge in [0.2, 0.25) is 5.91 Å².